The van der Waals surface area contributed by atoms with E-state index in [0.29, 0.717) is 12.8 Å². The molecule has 0 radical (unpaired) electrons. The Balaban J connectivity index is 0.969. The second-order valence-electron chi connectivity index (χ2n) is 16.8. The van der Waals surface area contributed by atoms with Gasteiger partial charge < -0.3 is 53.6 Å². The zero-order chi connectivity index (χ0) is 42.3. The minimum absolute atomic E-state index is 0.0704. The highest BCUT2D eigenvalue weighted by Gasteiger charge is 2.67. The van der Waals surface area contributed by atoms with Crippen molar-refractivity contribution in [2.24, 2.45) is 0 Å². The molecule has 4 heterocycles. The van der Waals surface area contributed by atoms with E-state index in [1.165, 1.54) is 36.4 Å². The molecule has 1 aromatic rings. The Hall–Kier alpha value is -4.07. The molecule has 4 aliphatic heterocycles. The number of carbonyl (C=O) groups excluding carboxylic acids is 5. The van der Waals surface area contributed by atoms with Crippen LogP contribution in [0.2, 0.25) is 0 Å². The maximum atomic E-state index is 14.3. The third kappa shape index (κ3) is 7.12. The third-order valence-electron chi connectivity index (χ3n) is 12.4. The van der Waals surface area contributed by atoms with Crippen LogP contribution in [0.5, 0.6) is 5.75 Å². The number of fused-ring (bicyclic) bond motifs is 3. The van der Waals surface area contributed by atoms with E-state index in [1.54, 1.807) is 40.7 Å². The molecule has 7 aliphatic rings. The Morgan fingerprint density at radius 1 is 0.797 bits per heavy atom. The third-order valence-corrected chi connectivity index (χ3v) is 12.4. The molecule has 1 saturated carbocycles. The number of aliphatic hydroxyl groups is 3. The van der Waals surface area contributed by atoms with Gasteiger partial charge in [0.1, 0.15) is 29.7 Å². The van der Waals surface area contributed by atoms with Crippen LogP contribution in [0, 0.1) is 0 Å². The van der Waals surface area contributed by atoms with Crippen LogP contribution in [-0.4, -0.2) is 128 Å². The van der Waals surface area contributed by atoms with Gasteiger partial charge in [0.25, 0.3) is 0 Å². The zero-order valence-corrected chi connectivity index (χ0v) is 33.2. The van der Waals surface area contributed by atoms with Gasteiger partial charge in [0.05, 0.1) is 47.3 Å². The number of phenolic OH excluding ortho intramolecular Hbond substituents is 1. The predicted molar refractivity (Wildman–Crippen MR) is 201 cm³/mol. The van der Waals surface area contributed by atoms with E-state index in [2.05, 4.69) is 0 Å². The van der Waals surface area contributed by atoms with E-state index < -0.39 is 120 Å². The smallest absolute Gasteiger partial charge is 0.198 e. The van der Waals surface area contributed by atoms with Gasteiger partial charge in [-0.25, -0.2) is 0 Å². The number of hydrogen-bond acceptors (Lipinski definition) is 16. The van der Waals surface area contributed by atoms with Crippen LogP contribution in [-0.2, 0) is 47.5 Å². The number of Topliss-reactive ketones (excluding diaryl/α,β-unsaturated/α-hetero) is 3. The van der Waals surface area contributed by atoms with Crippen molar-refractivity contribution in [2.45, 2.75) is 151 Å². The number of phenols is 1. The van der Waals surface area contributed by atoms with Crippen LogP contribution in [0.1, 0.15) is 99.1 Å². The summed E-state index contributed by atoms with van der Waals surface area (Å²) >= 11 is 0. The van der Waals surface area contributed by atoms with E-state index >= 15 is 0 Å². The maximum Gasteiger partial charge on any atom is 0.198 e. The van der Waals surface area contributed by atoms with Gasteiger partial charge in [-0.3, -0.25) is 24.0 Å². The average Bonchev–Trinajstić information content (AvgIpc) is 3.16. The Kier molecular flexibility index (Phi) is 10.7. The molecule has 0 unspecified atom stereocenters. The second kappa shape index (κ2) is 15.1. The van der Waals surface area contributed by atoms with Crippen molar-refractivity contribution in [1.82, 2.24) is 0 Å². The Morgan fingerprint density at radius 3 is 2.08 bits per heavy atom. The highest BCUT2D eigenvalue weighted by Crippen LogP contribution is 2.53. The lowest BCUT2D eigenvalue weighted by Crippen LogP contribution is -2.69. The number of rotatable bonds is 7. The monoisotopic (exact) mass is 820 g/mol. The minimum Gasteiger partial charge on any atom is -0.507 e. The lowest BCUT2D eigenvalue weighted by Gasteiger charge is -2.53. The fraction of sp³-hybridized carbons (Fsp3) is 0.558. The fourth-order valence-corrected chi connectivity index (χ4v) is 9.32. The summed E-state index contributed by atoms with van der Waals surface area (Å²) in [6, 6.07) is 2.66. The summed E-state index contributed by atoms with van der Waals surface area (Å²) in [5, 5.41) is 47.0. The first-order valence-electron chi connectivity index (χ1n) is 19.9. The van der Waals surface area contributed by atoms with Crippen LogP contribution < -0.4 is 0 Å². The van der Waals surface area contributed by atoms with Crippen LogP contribution in [0.15, 0.2) is 59.7 Å². The largest absolute Gasteiger partial charge is 0.507 e. The number of carbonyl (C=O) groups is 5. The molecule has 59 heavy (non-hydrogen) atoms. The van der Waals surface area contributed by atoms with E-state index in [1.807, 2.05) is 0 Å². The Morgan fingerprint density at radius 2 is 1.46 bits per heavy atom. The van der Waals surface area contributed by atoms with Crippen molar-refractivity contribution < 1.29 is 77.6 Å². The molecule has 0 spiro atoms. The first-order chi connectivity index (χ1) is 27.8. The van der Waals surface area contributed by atoms with Crippen molar-refractivity contribution in [1.29, 1.82) is 0 Å². The molecule has 1 aromatic carbocycles. The molecule has 316 valence electrons. The fourth-order valence-electron chi connectivity index (χ4n) is 9.32. The molecule has 3 fully saturated rings. The molecule has 14 atom stereocenters. The topological polar surface area (TPSA) is 231 Å². The van der Waals surface area contributed by atoms with Gasteiger partial charge >= 0.3 is 0 Å². The summed E-state index contributed by atoms with van der Waals surface area (Å²) in [7, 11) is 0. The van der Waals surface area contributed by atoms with E-state index in [-0.39, 0.29) is 46.7 Å². The molecule has 0 bridgehead atoms. The predicted octanol–water partition coefficient (Wildman–Crippen LogP) is 2.48. The quantitative estimate of drug-likeness (QED) is 0.310. The van der Waals surface area contributed by atoms with Gasteiger partial charge in [-0.1, -0.05) is 12.1 Å². The Bertz CT molecular complexity index is 2090. The molecular weight excluding hydrogens is 772 g/mol. The lowest BCUT2D eigenvalue weighted by molar-refractivity contribution is -0.290. The van der Waals surface area contributed by atoms with Crippen molar-refractivity contribution in [2.75, 3.05) is 0 Å². The molecule has 0 amide bonds. The first kappa shape index (κ1) is 41.7. The second-order valence-corrected chi connectivity index (χ2v) is 16.8. The molecule has 0 aromatic heterocycles. The highest BCUT2D eigenvalue weighted by molar-refractivity contribution is 6.32. The summed E-state index contributed by atoms with van der Waals surface area (Å²) in [6.45, 7) is 8.27. The summed E-state index contributed by atoms with van der Waals surface area (Å²) < 4.78 is 41.7. The van der Waals surface area contributed by atoms with E-state index in [9.17, 15) is 44.4 Å². The zero-order valence-electron chi connectivity index (χ0n) is 33.2. The SMILES string of the molecule is C[C@@H]1O[C@@H](O[C@@]2(C)CC(=O)[C@]3(O)C4=C(C=C[C@@]3(O)C2)C(=O)c2c(ccc([C@H]3C[C@@H](O)[C@H](O[C@H]5C=CC(=O)[C@@H](C)O5)[C@@H](C)O3)c2O)C4=O)CC[C@H]1O[C@@H]1C=CC(=O)[C@@H](C)O1. The summed E-state index contributed by atoms with van der Waals surface area (Å²) in [5.74, 6) is -3.67. The first-order valence-corrected chi connectivity index (χ1v) is 19.9. The van der Waals surface area contributed by atoms with Crippen LogP contribution in [0.4, 0.5) is 0 Å². The van der Waals surface area contributed by atoms with Crippen molar-refractivity contribution >= 4 is 28.9 Å². The van der Waals surface area contributed by atoms with E-state index in [4.69, 9.17) is 33.2 Å². The number of aliphatic hydroxyl groups excluding tert-OH is 1. The van der Waals surface area contributed by atoms with Crippen LogP contribution in [0.25, 0.3) is 0 Å². The van der Waals surface area contributed by atoms with Crippen molar-refractivity contribution in [3.63, 3.8) is 0 Å². The van der Waals surface area contributed by atoms with Crippen molar-refractivity contribution in [3.05, 3.63) is 76.4 Å². The number of allylic oxidation sites excluding steroid dienone is 2. The van der Waals surface area contributed by atoms with Crippen molar-refractivity contribution in [3.8, 4) is 5.75 Å². The molecule has 3 aliphatic carbocycles. The van der Waals surface area contributed by atoms with Crippen LogP contribution >= 0.6 is 0 Å². The molecule has 2 saturated heterocycles. The van der Waals surface area contributed by atoms with Gasteiger partial charge in [0, 0.05) is 42.4 Å². The number of benzene rings is 1. The van der Waals surface area contributed by atoms with Gasteiger partial charge in [-0.05, 0) is 77.5 Å². The van der Waals surface area contributed by atoms with Gasteiger partial charge in [-0.2, -0.15) is 0 Å². The van der Waals surface area contributed by atoms with E-state index in [0.717, 1.165) is 6.08 Å². The van der Waals surface area contributed by atoms with Crippen LogP contribution in [0.3, 0.4) is 0 Å². The van der Waals surface area contributed by atoms with Gasteiger partial charge in [0.15, 0.2) is 53.4 Å². The molecule has 4 N–H and O–H groups in total. The normalized spacial score (nSPS) is 42.2. The number of ketones is 5. The molecule has 8 rings (SSSR count). The number of hydrogen-bond donors (Lipinski definition) is 4. The summed E-state index contributed by atoms with van der Waals surface area (Å²) in [6.07, 6.45) is -0.317. The molecule has 16 nitrogen and oxygen atoms in total. The number of ether oxygens (including phenoxy) is 7. The maximum absolute atomic E-state index is 14.3. The Labute approximate surface area is 339 Å². The lowest BCUT2D eigenvalue weighted by atomic mass is 9.57. The van der Waals surface area contributed by atoms with Gasteiger partial charge in [-0.15, -0.1) is 0 Å². The summed E-state index contributed by atoms with van der Waals surface area (Å²) in [4.78, 5) is 66.2. The standard InChI is InChI=1S/C43H48O16/c1-19-26(44)8-11-32(54-19)57-29-10-13-34(56-21(29)3)59-41(5)17-31(47)43(52)36-25(14-15-42(43,51)18-41)38(49)35-24(39(36)50)7-6-23(37(35)48)30-16-28(46)40(22(4)53-30)58-33-12-9-27(45)20(2)55-33/h6-9,11-12,14-15,19-22,28-30,32-34,40,46,48,51-52H,10,13,16-18H2,1-5H3/t19-,20-,21+,22-,28-,29-,30-,32-,33+,34+,40-,41+,42-,43+/m1/s1. The molecular formula is C43H48O16. The summed E-state index contributed by atoms with van der Waals surface area (Å²) in [5.41, 5.74) is -8.06. The molecule has 16 heteroatoms. The average molecular weight is 821 g/mol. The minimum atomic E-state index is -2.83. The van der Waals surface area contributed by atoms with Gasteiger partial charge in [0.2, 0.25) is 0 Å². The number of aromatic hydroxyl groups is 1. The highest BCUT2D eigenvalue weighted by atomic mass is 16.7.